The largest absolute Gasteiger partial charge is 0.396 e. The van der Waals surface area contributed by atoms with E-state index in [0.717, 1.165) is 43.9 Å². The molecule has 1 atom stereocenters. The van der Waals surface area contributed by atoms with E-state index in [1.54, 1.807) is 18.5 Å². The van der Waals surface area contributed by atoms with E-state index in [2.05, 4.69) is 30.9 Å². The van der Waals surface area contributed by atoms with Gasteiger partial charge in [-0.1, -0.05) is 29.4 Å². The molecule has 1 aromatic carbocycles. The molecule has 11 heteroatoms. The molecular formula is C27H28ClN7O2S. The molecule has 2 aliphatic rings. The van der Waals surface area contributed by atoms with Crippen molar-refractivity contribution in [3.05, 3.63) is 75.8 Å². The molecule has 0 unspecified atom stereocenters. The van der Waals surface area contributed by atoms with Crippen LogP contribution in [0.25, 0.3) is 10.9 Å². The molecule has 4 aromatic rings. The van der Waals surface area contributed by atoms with Crippen molar-refractivity contribution in [2.24, 2.45) is 11.1 Å². The molecule has 9 nitrogen and oxygen atoms in total. The van der Waals surface area contributed by atoms with Gasteiger partial charge in [-0.2, -0.15) is 0 Å². The Morgan fingerprint density at radius 2 is 1.97 bits per heavy atom. The summed E-state index contributed by atoms with van der Waals surface area (Å²) in [6, 6.07) is 7.74. The molecule has 0 radical (unpaired) electrons. The zero-order valence-electron chi connectivity index (χ0n) is 20.8. The van der Waals surface area contributed by atoms with E-state index < -0.39 is 0 Å². The van der Waals surface area contributed by atoms with E-state index in [0.29, 0.717) is 38.8 Å². The third-order valence-electron chi connectivity index (χ3n) is 7.80. The summed E-state index contributed by atoms with van der Waals surface area (Å²) in [5.74, 6) is 0.840. The molecule has 196 valence electrons. The number of anilines is 1. The highest BCUT2D eigenvalue weighted by Crippen LogP contribution is 2.50. The van der Waals surface area contributed by atoms with Gasteiger partial charge in [-0.05, 0) is 54.9 Å². The van der Waals surface area contributed by atoms with Crippen LogP contribution in [0.1, 0.15) is 36.6 Å². The monoisotopic (exact) mass is 549 g/mol. The number of aliphatic hydroxyl groups excluding tert-OH is 1. The number of fused-ring (bicyclic) bond motifs is 2. The van der Waals surface area contributed by atoms with Gasteiger partial charge in [-0.25, -0.2) is 15.0 Å². The summed E-state index contributed by atoms with van der Waals surface area (Å²) < 4.78 is 1.48. The van der Waals surface area contributed by atoms with Gasteiger partial charge >= 0.3 is 0 Å². The van der Waals surface area contributed by atoms with Crippen LogP contribution in [-0.4, -0.2) is 49.3 Å². The Morgan fingerprint density at radius 1 is 1.13 bits per heavy atom. The van der Waals surface area contributed by atoms with Crippen molar-refractivity contribution in [1.82, 2.24) is 24.5 Å². The van der Waals surface area contributed by atoms with Crippen LogP contribution in [0.5, 0.6) is 0 Å². The number of aryl methyl sites for hydroxylation is 1. The third kappa shape index (κ3) is 4.45. The summed E-state index contributed by atoms with van der Waals surface area (Å²) in [4.78, 5) is 34.2. The van der Waals surface area contributed by atoms with Crippen molar-refractivity contribution in [2.75, 3.05) is 24.6 Å². The molecule has 38 heavy (non-hydrogen) atoms. The van der Waals surface area contributed by atoms with Gasteiger partial charge in [0, 0.05) is 49.1 Å². The molecule has 0 saturated carbocycles. The molecule has 3 N–H and O–H groups in total. The zero-order chi connectivity index (χ0) is 26.3. The lowest BCUT2D eigenvalue weighted by atomic mass is 9.73. The van der Waals surface area contributed by atoms with Crippen molar-refractivity contribution in [3.8, 4) is 0 Å². The summed E-state index contributed by atoms with van der Waals surface area (Å²) >= 11 is 8.03. The molecule has 1 aliphatic carbocycles. The molecule has 4 heterocycles. The first-order valence-corrected chi connectivity index (χ1v) is 13.9. The van der Waals surface area contributed by atoms with E-state index in [4.69, 9.17) is 22.4 Å². The second kappa shape index (κ2) is 10.3. The van der Waals surface area contributed by atoms with Crippen molar-refractivity contribution in [3.63, 3.8) is 0 Å². The number of piperidine rings is 1. The minimum atomic E-state index is -0.221. The van der Waals surface area contributed by atoms with Gasteiger partial charge in [0.25, 0.3) is 5.56 Å². The van der Waals surface area contributed by atoms with Crippen LogP contribution in [0.4, 0.5) is 5.82 Å². The van der Waals surface area contributed by atoms with E-state index in [-0.39, 0.29) is 23.6 Å². The highest BCUT2D eigenvalue weighted by Gasteiger charge is 2.46. The number of rotatable bonds is 6. The van der Waals surface area contributed by atoms with Gasteiger partial charge in [-0.3, -0.25) is 14.3 Å². The fourth-order valence-corrected chi connectivity index (χ4v) is 6.75. The highest BCUT2D eigenvalue weighted by molar-refractivity contribution is 7.99. The first-order valence-electron chi connectivity index (χ1n) is 12.7. The maximum Gasteiger partial charge on any atom is 0.262 e. The minimum absolute atomic E-state index is 0.000345. The van der Waals surface area contributed by atoms with Crippen LogP contribution < -0.4 is 16.2 Å². The normalized spacial score (nSPS) is 18.3. The molecular weight excluding hydrogens is 522 g/mol. The van der Waals surface area contributed by atoms with Crippen LogP contribution >= 0.6 is 23.4 Å². The topological polar surface area (TPSA) is 123 Å². The number of benzene rings is 1. The van der Waals surface area contributed by atoms with Crippen molar-refractivity contribution >= 4 is 40.1 Å². The number of nitrogens with two attached hydrogens (primary N) is 1. The fourth-order valence-electron chi connectivity index (χ4n) is 5.63. The summed E-state index contributed by atoms with van der Waals surface area (Å²) in [7, 11) is 0. The Balaban J connectivity index is 1.15. The Kier molecular flexibility index (Phi) is 6.81. The summed E-state index contributed by atoms with van der Waals surface area (Å²) in [6.45, 7) is 2.12. The number of hydrogen-bond acceptors (Lipinski definition) is 9. The minimum Gasteiger partial charge on any atom is -0.396 e. The maximum absolute atomic E-state index is 13.0. The SMILES string of the molecule is N[C@@H]1c2cccnc2CC12CCN(c1cnc(Sc3ccc4ncn(CCCO)c(=O)c4c3Cl)cn1)CC2. The van der Waals surface area contributed by atoms with Gasteiger partial charge in [0.1, 0.15) is 10.8 Å². The van der Waals surface area contributed by atoms with Gasteiger partial charge in [-0.15, -0.1) is 0 Å². The van der Waals surface area contributed by atoms with Crippen LogP contribution in [0.3, 0.4) is 0 Å². The first-order chi connectivity index (χ1) is 18.5. The van der Waals surface area contributed by atoms with Gasteiger partial charge in [0.15, 0.2) is 0 Å². The Labute approximate surface area is 229 Å². The molecule has 6 rings (SSSR count). The maximum atomic E-state index is 13.0. The molecule has 1 saturated heterocycles. The summed E-state index contributed by atoms with van der Waals surface area (Å²) in [5.41, 5.74) is 9.39. The van der Waals surface area contributed by atoms with Gasteiger partial charge in [0.05, 0.1) is 34.6 Å². The standard InChI is InChI=1S/C27H28ClN7O2S/c28-24-20(5-4-18-23(24)26(37)35(16-33-18)9-2-12-36)38-22-15-31-21(14-32-22)34-10-6-27(7-11-34)13-19-17(25(27)29)3-1-8-30-19/h1,3-5,8,14-16,25,36H,2,6-7,9-13,29H2/t25-/m1/s1. The lowest BCUT2D eigenvalue weighted by molar-refractivity contribution is 0.186. The Hall–Kier alpha value is -3.05. The average molecular weight is 550 g/mol. The van der Waals surface area contributed by atoms with E-state index in [1.807, 2.05) is 18.3 Å². The molecule has 3 aromatic heterocycles. The van der Waals surface area contributed by atoms with Crippen LogP contribution in [-0.2, 0) is 13.0 Å². The number of aliphatic hydroxyl groups is 1. The molecule has 0 amide bonds. The fraction of sp³-hybridized carbons (Fsp3) is 0.370. The first kappa shape index (κ1) is 25.2. The van der Waals surface area contributed by atoms with Gasteiger partial charge < -0.3 is 15.7 Å². The highest BCUT2D eigenvalue weighted by atomic mass is 35.5. The number of hydrogen-bond donors (Lipinski definition) is 2. The van der Waals surface area contributed by atoms with Crippen molar-refractivity contribution in [2.45, 2.75) is 48.2 Å². The molecule has 0 bridgehead atoms. The second-order valence-electron chi connectivity index (χ2n) is 9.95. The zero-order valence-corrected chi connectivity index (χ0v) is 22.3. The Bertz CT molecular complexity index is 1540. The number of aromatic nitrogens is 5. The number of pyridine rings is 1. The van der Waals surface area contributed by atoms with Gasteiger partial charge in [0.2, 0.25) is 0 Å². The van der Waals surface area contributed by atoms with E-state index in [9.17, 15) is 4.79 Å². The quantitative estimate of drug-likeness (QED) is 0.371. The average Bonchev–Trinajstić information content (AvgIpc) is 3.21. The molecule has 1 spiro atoms. The smallest absolute Gasteiger partial charge is 0.262 e. The third-order valence-corrected chi connectivity index (χ3v) is 9.29. The molecule has 1 aliphatic heterocycles. The van der Waals surface area contributed by atoms with Crippen LogP contribution in [0.2, 0.25) is 5.02 Å². The summed E-state index contributed by atoms with van der Waals surface area (Å²) in [6.07, 6.45) is 10.3. The lowest BCUT2D eigenvalue weighted by Crippen LogP contribution is -2.44. The van der Waals surface area contributed by atoms with Crippen molar-refractivity contribution < 1.29 is 5.11 Å². The predicted molar refractivity (Wildman–Crippen MR) is 148 cm³/mol. The van der Waals surface area contributed by atoms with Crippen LogP contribution in [0, 0.1) is 5.41 Å². The molecule has 1 fully saturated rings. The van der Waals surface area contributed by atoms with E-state index >= 15 is 0 Å². The number of halogens is 1. The second-order valence-corrected chi connectivity index (χ2v) is 11.4. The number of nitrogens with zero attached hydrogens (tertiary/aromatic N) is 6. The van der Waals surface area contributed by atoms with E-state index in [1.165, 1.54) is 28.2 Å². The van der Waals surface area contributed by atoms with Crippen LogP contribution in [0.15, 0.2) is 63.9 Å². The van der Waals surface area contributed by atoms with Crippen molar-refractivity contribution in [1.29, 1.82) is 0 Å². The Morgan fingerprint density at radius 3 is 2.71 bits per heavy atom. The predicted octanol–water partition coefficient (Wildman–Crippen LogP) is 3.61. The summed E-state index contributed by atoms with van der Waals surface area (Å²) in [5, 5.41) is 10.5. The lowest BCUT2D eigenvalue weighted by Gasteiger charge is -2.42.